The average molecular weight is 419 g/mol. The zero-order chi connectivity index (χ0) is 15.9. The van der Waals surface area contributed by atoms with Crippen molar-refractivity contribution in [3.8, 4) is 0 Å². The number of hydrogen-bond acceptors (Lipinski definition) is 0. The van der Waals surface area contributed by atoms with E-state index < -0.39 is 16.6 Å². The van der Waals surface area contributed by atoms with Gasteiger partial charge in [0.15, 0.2) is 0 Å². The maximum absolute atomic E-state index is 2.62. The van der Waals surface area contributed by atoms with Crippen LogP contribution in [-0.2, 0) is 16.6 Å². The summed E-state index contributed by atoms with van der Waals surface area (Å²) in [6, 6.07) is 0. The minimum atomic E-state index is -1.16. The van der Waals surface area contributed by atoms with Crippen molar-refractivity contribution in [1.29, 1.82) is 0 Å². The summed E-state index contributed by atoms with van der Waals surface area (Å²) in [6.45, 7) is 9.72. The van der Waals surface area contributed by atoms with Crippen LogP contribution < -0.4 is 24.8 Å². The molecule has 0 N–H and O–H groups in total. The average Bonchev–Trinajstić information content (AvgIpc) is 3.13. The van der Waals surface area contributed by atoms with Gasteiger partial charge >= 0.3 is 144 Å². The smallest absolute Gasteiger partial charge is 1.00 e. The van der Waals surface area contributed by atoms with Gasteiger partial charge in [-0.3, -0.25) is 0 Å². The molecule has 0 aliphatic heterocycles. The maximum atomic E-state index is 2.62. The molecule has 2 aliphatic rings. The van der Waals surface area contributed by atoms with Crippen molar-refractivity contribution < 1.29 is 41.4 Å². The van der Waals surface area contributed by atoms with Gasteiger partial charge in [-0.1, -0.05) is 0 Å². The third-order valence-corrected chi connectivity index (χ3v) is 16.1. The molecule has 0 spiro atoms. The van der Waals surface area contributed by atoms with E-state index >= 15 is 0 Å². The summed E-state index contributed by atoms with van der Waals surface area (Å²) >= 11 is -1.16. The van der Waals surface area contributed by atoms with E-state index in [1.165, 1.54) is 51.4 Å². The standard InChI is InChI=1S/2C9H13.C2H6Si.2ClH.Ti/c2*1-2-3-6-9-7-4-5-8-9;1-3-2;;;/h2*7-8H,2-4,6H2,1H3;1-2H3;2*1H;/q;;;;;+2/p-2. The molecule has 0 unspecified atom stereocenters. The fraction of sp³-hybridized carbons (Fsp3) is 0.600. The zero-order valence-corrected chi connectivity index (χ0v) is 19.8. The van der Waals surface area contributed by atoms with Gasteiger partial charge in [-0.25, -0.2) is 0 Å². The van der Waals surface area contributed by atoms with Crippen molar-refractivity contribution in [1.82, 2.24) is 0 Å². The van der Waals surface area contributed by atoms with Gasteiger partial charge in [0.25, 0.3) is 0 Å². The molecule has 0 aromatic rings. The van der Waals surface area contributed by atoms with Crippen LogP contribution in [0.5, 0.6) is 0 Å². The third-order valence-electron chi connectivity index (χ3n) is 4.67. The van der Waals surface area contributed by atoms with Crippen LogP contribution >= 0.6 is 0 Å². The van der Waals surface area contributed by atoms with Crippen LogP contribution in [-0.4, -0.2) is 6.19 Å². The number of allylic oxidation sites excluding steroid dienone is 8. The Kier molecular flexibility index (Phi) is 13.0. The van der Waals surface area contributed by atoms with E-state index in [0.29, 0.717) is 0 Å². The second-order valence-corrected chi connectivity index (χ2v) is 18.8. The van der Waals surface area contributed by atoms with Crippen LogP contribution in [0.2, 0.25) is 13.1 Å². The molecule has 0 atom stereocenters. The Morgan fingerprint density at radius 2 is 1.25 bits per heavy atom. The Bertz CT molecular complexity index is 520. The van der Waals surface area contributed by atoms with Crippen LogP contribution in [0, 0.1) is 0 Å². The molecule has 134 valence electrons. The van der Waals surface area contributed by atoms with Gasteiger partial charge in [0, 0.05) is 0 Å². The molecule has 0 heterocycles. The third kappa shape index (κ3) is 7.00. The van der Waals surface area contributed by atoms with E-state index in [2.05, 4.69) is 51.2 Å². The largest absolute Gasteiger partial charge is 1.00 e. The molecule has 0 fully saturated rings. The molecule has 24 heavy (non-hydrogen) atoms. The van der Waals surface area contributed by atoms with Gasteiger partial charge in [-0.05, 0) is 0 Å². The SMILES string of the molecule is CCCCC1=CC[C]([Ti+2]([C]2=CC(CCCC)=CC2)=[Si](C)C)=C1.[Cl-].[Cl-]. The van der Waals surface area contributed by atoms with Crippen LogP contribution in [0.25, 0.3) is 0 Å². The normalized spacial score (nSPS) is 15.3. The van der Waals surface area contributed by atoms with Crippen LogP contribution in [0.15, 0.2) is 43.2 Å². The summed E-state index contributed by atoms with van der Waals surface area (Å²) in [5.41, 5.74) is 3.28. The van der Waals surface area contributed by atoms with Gasteiger partial charge in [-0.15, -0.1) is 0 Å². The molecule has 0 saturated heterocycles. The Morgan fingerprint density at radius 3 is 1.58 bits per heavy atom. The molecule has 2 aliphatic carbocycles. The van der Waals surface area contributed by atoms with Crippen molar-refractivity contribution >= 4 is 6.19 Å². The van der Waals surface area contributed by atoms with Crippen molar-refractivity contribution in [3.05, 3.63) is 43.2 Å². The van der Waals surface area contributed by atoms with E-state index in [0.717, 1.165) is 0 Å². The molecule has 0 aromatic heterocycles. The number of hydrogen-bond donors (Lipinski definition) is 0. The summed E-state index contributed by atoms with van der Waals surface area (Å²) in [6.07, 6.45) is 20.7. The van der Waals surface area contributed by atoms with E-state index in [-0.39, 0.29) is 31.0 Å². The molecule has 0 amide bonds. The first-order chi connectivity index (χ1) is 10.7. The van der Waals surface area contributed by atoms with Crippen molar-refractivity contribution in [2.75, 3.05) is 0 Å². The molecule has 4 heteroatoms. The van der Waals surface area contributed by atoms with Crippen LogP contribution in [0.4, 0.5) is 0 Å². The van der Waals surface area contributed by atoms with Crippen LogP contribution in [0.3, 0.4) is 0 Å². The van der Waals surface area contributed by atoms with Gasteiger partial charge in [0.05, 0.1) is 0 Å². The summed E-state index contributed by atoms with van der Waals surface area (Å²) in [5.74, 6) is 0. The number of halogens is 2. The summed E-state index contributed by atoms with van der Waals surface area (Å²) in [4.78, 5) is 0. The summed E-state index contributed by atoms with van der Waals surface area (Å²) in [5, 5.41) is 0. The minimum Gasteiger partial charge on any atom is -1.00 e. The first-order valence-corrected chi connectivity index (χ1v) is 15.5. The van der Waals surface area contributed by atoms with Gasteiger partial charge in [0.1, 0.15) is 0 Å². The monoisotopic (exact) mass is 418 g/mol. The Hall–Kier alpha value is 0.471. The number of unbranched alkanes of at least 4 members (excludes halogenated alkanes) is 2. The Morgan fingerprint density at radius 1 is 0.833 bits per heavy atom. The van der Waals surface area contributed by atoms with Crippen LogP contribution in [0.1, 0.15) is 65.2 Å². The zero-order valence-electron chi connectivity index (χ0n) is 15.7. The first kappa shape index (κ1) is 24.5. The topological polar surface area (TPSA) is 0 Å². The predicted octanol–water partition coefficient (Wildman–Crippen LogP) is 0.672. The van der Waals surface area contributed by atoms with E-state index in [9.17, 15) is 0 Å². The predicted molar refractivity (Wildman–Crippen MR) is 98.1 cm³/mol. The quantitative estimate of drug-likeness (QED) is 0.508. The number of rotatable bonds is 8. The Labute approximate surface area is 168 Å². The van der Waals surface area contributed by atoms with E-state index in [1.807, 2.05) is 7.76 Å². The second kappa shape index (κ2) is 12.8. The second-order valence-electron chi connectivity index (χ2n) is 6.89. The van der Waals surface area contributed by atoms with Crippen molar-refractivity contribution in [2.24, 2.45) is 0 Å². The molecular weight excluding hydrogens is 387 g/mol. The Balaban J connectivity index is 0.00000264. The molecule has 0 aromatic carbocycles. The maximum Gasteiger partial charge on any atom is -1.00 e. The molecule has 0 nitrogen and oxygen atoms in total. The fourth-order valence-corrected chi connectivity index (χ4v) is 14.8. The van der Waals surface area contributed by atoms with E-state index in [4.69, 9.17) is 0 Å². The summed E-state index contributed by atoms with van der Waals surface area (Å²) < 4.78 is 3.75. The first-order valence-electron chi connectivity index (χ1n) is 9.13. The van der Waals surface area contributed by atoms with E-state index in [1.54, 1.807) is 11.1 Å². The van der Waals surface area contributed by atoms with Crippen molar-refractivity contribution in [2.45, 2.75) is 78.3 Å². The molecule has 0 radical (unpaired) electrons. The van der Waals surface area contributed by atoms with Crippen molar-refractivity contribution in [3.63, 3.8) is 0 Å². The molecule has 0 saturated carbocycles. The molecular formula is C20H32Cl2SiTi. The van der Waals surface area contributed by atoms with Gasteiger partial charge in [-0.2, -0.15) is 0 Å². The molecule has 2 rings (SSSR count). The van der Waals surface area contributed by atoms with Gasteiger partial charge < -0.3 is 24.8 Å². The fourth-order valence-electron chi connectivity index (χ4n) is 3.47. The van der Waals surface area contributed by atoms with Gasteiger partial charge in [0.2, 0.25) is 0 Å². The summed E-state index contributed by atoms with van der Waals surface area (Å²) in [7, 11) is 0. The molecule has 0 bridgehead atoms. The minimum absolute atomic E-state index is 0.